The fourth-order valence-corrected chi connectivity index (χ4v) is 2.57. The Morgan fingerprint density at radius 2 is 2.17 bits per heavy atom. The van der Waals surface area contributed by atoms with Gasteiger partial charge >= 0.3 is 0 Å². The number of carbonyl (C=O) groups is 1. The first-order valence-corrected chi connectivity index (χ1v) is 6.52. The molecule has 0 aliphatic carbocycles. The van der Waals surface area contributed by atoms with Crippen LogP contribution in [0.2, 0.25) is 0 Å². The van der Waals surface area contributed by atoms with Crippen molar-refractivity contribution in [3.05, 3.63) is 35.9 Å². The van der Waals surface area contributed by atoms with Crippen molar-refractivity contribution in [1.82, 2.24) is 10.2 Å². The van der Waals surface area contributed by atoms with Crippen LogP contribution in [0.3, 0.4) is 0 Å². The summed E-state index contributed by atoms with van der Waals surface area (Å²) in [5, 5.41) is 2.92. The summed E-state index contributed by atoms with van der Waals surface area (Å²) in [6.07, 6.45) is 0.711. The first kappa shape index (κ1) is 13.1. The van der Waals surface area contributed by atoms with Gasteiger partial charge in [0.05, 0.1) is 6.04 Å². The average Bonchev–Trinajstić information content (AvgIpc) is 2.41. The molecule has 0 spiro atoms. The third-order valence-electron chi connectivity index (χ3n) is 3.59. The van der Waals surface area contributed by atoms with E-state index in [9.17, 15) is 4.79 Å². The number of benzene rings is 1. The fourth-order valence-electron chi connectivity index (χ4n) is 2.57. The average molecular weight is 247 g/mol. The Bertz CT molecular complexity index is 393. The van der Waals surface area contributed by atoms with E-state index < -0.39 is 0 Å². The molecule has 1 heterocycles. The molecule has 4 heteroatoms. The van der Waals surface area contributed by atoms with E-state index in [-0.39, 0.29) is 18.0 Å². The Hall–Kier alpha value is -1.39. The molecule has 1 amide bonds. The van der Waals surface area contributed by atoms with Gasteiger partial charge in [0.25, 0.3) is 0 Å². The summed E-state index contributed by atoms with van der Waals surface area (Å²) in [5.41, 5.74) is 6.86. The van der Waals surface area contributed by atoms with Crippen molar-refractivity contribution in [3.8, 4) is 0 Å². The molecule has 0 aromatic heterocycles. The largest absolute Gasteiger partial charge is 0.353 e. The highest BCUT2D eigenvalue weighted by atomic mass is 16.2. The van der Waals surface area contributed by atoms with Gasteiger partial charge in [0.15, 0.2) is 0 Å². The van der Waals surface area contributed by atoms with E-state index in [1.807, 2.05) is 18.2 Å². The molecule has 2 unspecified atom stereocenters. The molecule has 3 N–H and O–H groups in total. The lowest BCUT2D eigenvalue weighted by atomic mass is 10.0. The number of nitrogens with one attached hydrogen (secondary N) is 1. The first-order chi connectivity index (χ1) is 8.74. The maximum absolute atomic E-state index is 11.9. The highest BCUT2D eigenvalue weighted by Gasteiger charge is 2.32. The molecular weight excluding hydrogens is 226 g/mol. The molecule has 1 aromatic rings. The zero-order valence-electron chi connectivity index (χ0n) is 10.8. The predicted octanol–water partition coefficient (Wildman–Crippen LogP) is 0.897. The Morgan fingerprint density at radius 1 is 1.44 bits per heavy atom. The minimum Gasteiger partial charge on any atom is -0.353 e. The molecular formula is C14H21N3O. The van der Waals surface area contributed by atoms with Crippen LogP contribution in [0.15, 0.2) is 30.3 Å². The van der Waals surface area contributed by atoms with E-state index in [0.29, 0.717) is 13.0 Å². The number of hydrogen-bond acceptors (Lipinski definition) is 3. The molecule has 4 nitrogen and oxygen atoms in total. The van der Waals surface area contributed by atoms with Crippen LogP contribution < -0.4 is 11.1 Å². The van der Waals surface area contributed by atoms with Gasteiger partial charge < -0.3 is 11.1 Å². The van der Waals surface area contributed by atoms with Crippen molar-refractivity contribution in [3.63, 3.8) is 0 Å². The Labute approximate surface area is 108 Å². The molecule has 1 aliphatic heterocycles. The summed E-state index contributed by atoms with van der Waals surface area (Å²) in [4.78, 5) is 14.2. The summed E-state index contributed by atoms with van der Waals surface area (Å²) in [6.45, 7) is 4.29. The zero-order valence-corrected chi connectivity index (χ0v) is 10.8. The third-order valence-corrected chi connectivity index (χ3v) is 3.59. The highest BCUT2D eigenvalue weighted by molar-refractivity contribution is 5.82. The van der Waals surface area contributed by atoms with Crippen LogP contribution in [0.5, 0.6) is 0 Å². The van der Waals surface area contributed by atoms with Crippen molar-refractivity contribution in [1.29, 1.82) is 0 Å². The van der Waals surface area contributed by atoms with Crippen LogP contribution >= 0.6 is 0 Å². The molecule has 2 rings (SSSR count). The SMILES string of the molecule is CC(c1ccccc1)N1CCNC(=O)C1CCN. The van der Waals surface area contributed by atoms with Crippen molar-refractivity contribution >= 4 is 5.91 Å². The molecule has 18 heavy (non-hydrogen) atoms. The van der Waals surface area contributed by atoms with Crippen LogP contribution in [0, 0.1) is 0 Å². The Kier molecular flexibility index (Phi) is 4.33. The van der Waals surface area contributed by atoms with Crippen LogP contribution in [0.1, 0.15) is 24.9 Å². The minimum absolute atomic E-state index is 0.0982. The van der Waals surface area contributed by atoms with E-state index in [2.05, 4.69) is 29.3 Å². The number of carbonyl (C=O) groups excluding carboxylic acids is 1. The number of hydrogen-bond donors (Lipinski definition) is 2. The van der Waals surface area contributed by atoms with Crippen molar-refractivity contribution in [2.75, 3.05) is 19.6 Å². The summed E-state index contributed by atoms with van der Waals surface area (Å²) in [6, 6.07) is 10.4. The van der Waals surface area contributed by atoms with Gasteiger partial charge in [-0.3, -0.25) is 9.69 Å². The van der Waals surface area contributed by atoms with E-state index in [0.717, 1.165) is 13.1 Å². The second kappa shape index (κ2) is 5.98. The van der Waals surface area contributed by atoms with Gasteiger partial charge in [-0.1, -0.05) is 30.3 Å². The lowest BCUT2D eigenvalue weighted by Gasteiger charge is -2.39. The monoisotopic (exact) mass is 247 g/mol. The molecule has 0 bridgehead atoms. The molecule has 0 saturated carbocycles. The van der Waals surface area contributed by atoms with Gasteiger partial charge in [-0.15, -0.1) is 0 Å². The summed E-state index contributed by atoms with van der Waals surface area (Å²) in [5.74, 6) is 0.106. The van der Waals surface area contributed by atoms with Crippen molar-refractivity contribution in [2.45, 2.75) is 25.4 Å². The van der Waals surface area contributed by atoms with Gasteiger partial charge in [0.2, 0.25) is 5.91 Å². The maximum atomic E-state index is 11.9. The van der Waals surface area contributed by atoms with Gasteiger partial charge in [-0.2, -0.15) is 0 Å². The van der Waals surface area contributed by atoms with Crippen molar-refractivity contribution < 1.29 is 4.79 Å². The van der Waals surface area contributed by atoms with Gasteiger partial charge in [-0.25, -0.2) is 0 Å². The fraction of sp³-hybridized carbons (Fsp3) is 0.500. The molecule has 1 aromatic carbocycles. The van der Waals surface area contributed by atoms with Crippen LogP contribution in [0.25, 0.3) is 0 Å². The van der Waals surface area contributed by atoms with Crippen LogP contribution in [0.4, 0.5) is 0 Å². The molecule has 1 fully saturated rings. The van der Waals surface area contributed by atoms with Gasteiger partial charge in [0.1, 0.15) is 0 Å². The number of nitrogens with zero attached hydrogens (tertiary/aromatic N) is 1. The molecule has 98 valence electrons. The lowest BCUT2D eigenvalue weighted by molar-refractivity contribution is -0.130. The summed E-state index contributed by atoms with van der Waals surface area (Å²) < 4.78 is 0. The number of piperazine rings is 1. The molecule has 0 radical (unpaired) electrons. The van der Waals surface area contributed by atoms with Crippen molar-refractivity contribution in [2.24, 2.45) is 5.73 Å². The maximum Gasteiger partial charge on any atom is 0.237 e. The van der Waals surface area contributed by atoms with E-state index in [1.165, 1.54) is 5.56 Å². The Morgan fingerprint density at radius 3 is 2.83 bits per heavy atom. The third kappa shape index (κ3) is 2.71. The second-order valence-corrected chi connectivity index (χ2v) is 4.71. The van der Waals surface area contributed by atoms with Crippen LogP contribution in [-0.2, 0) is 4.79 Å². The molecule has 1 saturated heterocycles. The Balaban J connectivity index is 2.16. The zero-order chi connectivity index (χ0) is 13.0. The molecule has 1 aliphatic rings. The minimum atomic E-state index is -0.0982. The number of nitrogens with two attached hydrogens (primary N) is 1. The van der Waals surface area contributed by atoms with Gasteiger partial charge in [0, 0.05) is 19.1 Å². The smallest absolute Gasteiger partial charge is 0.237 e. The summed E-state index contributed by atoms with van der Waals surface area (Å²) >= 11 is 0. The topological polar surface area (TPSA) is 58.4 Å². The quantitative estimate of drug-likeness (QED) is 0.831. The van der Waals surface area contributed by atoms with E-state index >= 15 is 0 Å². The molecule has 2 atom stereocenters. The highest BCUT2D eigenvalue weighted by Crippen LogP contribution is 2.24. The van der Waals surface area contributed by atoms with Gasteiger partial charge in [-0.05, 0) is 25.5 Å². The predicted molar refractivity (Wildman–Crippen MR) is 72.0 cm³/mol. The first-order valence-electron chi connectivity index (χ1n) is 6.52. The normalized spacial score (nSPS) is 22.6. The van der Waals surface area contributed by atoms with Crippen LogP contribution in [-0.4, -0.2) is 36.5 Å². The number of rotatable bonds is 4. The lowest BCUT2D eigenvalue weighted by Crippen LogP contribution is -2.56. The number of amides is 1. The summed E-state index contributed by atoms with van der Waals surface area (Å²) in [7, 11) is 0. The second-order valence-electron chi connectivity index (χ2n) is 4.71. The van der Waals surface area contributed by atoms with E-state index in [4.69, 9.17) is 5.73 Å². The van der Waals surface area contributed by atoms with E-state index in [1.54, 1.807) is 0 Å². The standard InChI is InChI=1S/C14H21N3O/c1-11(12-5-3-2-4-6-12)17-10-9-16-14(18)13(17)7-8-15/h2-6,11,13H,7-10,15H2,1H3,(H,16,18).